The van der Waals surface area contributed by atoms with Gasteiger partial charge in [0.25, 0.3) is 0 Å². The first kappa shape index (κ1) is 15.9. The highest BCUT2D eigenvalue weighted by Crippen LogP contribution is 2.31. The fourth-order valence-electron chi connectivity index (χ4n) is 2.05. The molecule has 22 heavy (non-hydrogen) atoms. The third-order valence-corrected chi connectivity index (χ3v) is 4.49. The van der Waals surface area contributed by atoms with Gasteiger partial charge in [0.15, 0.2) is 11.5 Å². The zero-order valence-corrected chi connectivity index (χ0v) is 13.3. The quantitative estimate of drug-likeness (QED) is 0.810. The number of hydrogen-bond donors (Lipinski definition) is 0. The topological polar surface area (TPSA) is 76.4 Å². The molecule has 0 saturated carbocycles. The van der Waals surface area contributed by atoms with Crippen molar-refractivity contribution in [1.29, 1.82) is 5.26 Å². The van der Waals surface area contributed by atoms with E-state index in [1.165, 1.54) is 31.4 Å². The molecule has 0 fully saturated rings. The summed E-state index contributed by atoms with van der Waals surface area (Å²) in [7, 11) is -2.59. The van der Waals surface area contributed by atoms with Crippen molar-refractivity contribution in [3.05, 3.63) is 53.1 Å². The lowest BCUT2D eigenvalue weighted by atomic mass is 10.2. The van der Waals surface area contributed by atoms with E-state index in [0.717, 1.165) is 5.56 Å². The molecule has 0 heterocycles. The Kier molecular flexibility index (Phi) is 4.38. The summed E-state index contributed by atoms with van der Waals surface area (Å²) in [5.41, 5.74) is 1.92. The molecular weight excluding hydrogens is 302 g/mol. The number of rotatable bonds is 4. The minimum Gasteiger partial charge on any atom is -0.493 e. The Morgan fingerprint density at radius 2 is 1.77 bits per heavy atom. The maximum absolute atomic E-state index is 12.4. The van der Waals surface area contributed by atoms with Crippen LogP contribution in [0.1, 0.15) is 16.7 Å². The first-order valence-corrected chi connectivity index (χ1v) is 7.88. The molecular formula is C16H15NO4S. The Balaban J connectivity index is 2.43. The largest absolute Gasteiger partial charge is 0.493 e. The van der Waals surface area contributed by atoms with E-state index < -0.39 is 10.1 Å². The maximum Gasteiger partial charge on any atom is 0.339 e. The van der Waals surface area contributed by atoms with Crippen molar-refractivity contribution in [2.75, 3.05) is 7.11 Å². The standard InChI is InChI=1S/C16H15NO4S/c1-11-4-7-16(12(2)8-11)22(18,19)21-14-6-5-13(10-17)9-15(14)20-3/h4-9H,1-3H3. The lowest BCUT2D eigenvalue weighted by Crippen LogP contribution is -2.12. The minimum absolute atomic E-state index is 0.0430. The van der Waals surface area contributed by atoms with Crippen LogP contribution in [-0.4, -0.2) is 15.5 Å². The highest BCUT2D eigenvalue weighted by Gasteiger charge is 2.21. The summed E-state index contributed by atoms with van der Waals surface area (Å²) < 4.78 is 35.1. The summed E-state index contributed by atoms with van der Waals surface area (Å²) in [5, 5.41) is 8.86. The molecule has 0 amide bonds. The molecule has 0 aliphatic rings. The second kappa shape index (κ2) is 6.08. The fourth-order valence-corrected chi connectivity index (χ4v) is 3.20. The molecule has 2 aromatic carbocycles. The Hall–Kier alpha value is -2.52. The summed E-state index contributed by atoms with van der Waals surface area (Å²) in [6, 6.07) is 11.2. The first-order valence-electron chi connectivity index (χ1n) is 6.47. The zero-order chi connectivity index (χ0) is 16.3. The van der Waals surface area contributed by atoms with Crippen molar-refractivity contribution in [3.63, 3.8) is 0 Å². The molecule has 114 valence electrons. The van der Waals surface area contributed by atoms with Gasteiger partial charge < -0.3 is 8.92 Å². The van der Waals surface area contributed by atoms with Gasteiger partial charge in [0.2, 0.25) is 0 Å². The highest BCUT2D eigenvalue weighted by atomic mass is 32.2. The Bertz CT molecular complexity index is 851. The lowest BCUT2D eigenvalue weighted by molar-refractivity contribution is 0.390. The van der Waals surface area contributed by atoms with Gasteiger partial charge in [-0.3, -0.25) is 0 Å². The van der Waals surface area contributed by atoms with Crippen LogP contribution in [0.4, 0.5) is 0 Å². The number of aryl methyl sites for hydroxylation is 2. The minimum atomic E-state index is -3.98. The first-order chi connectivity index (χ1) is 10.4. The Morgan fingerprint density at radius 3 is 2.36 bits per heavy atom. The molecule has 5 nitrogen and oxygen atoms in total. The number of ether oxygens (including phenoxy) is 1. The van der Waals surface area contributed by atoms with Gasteiger partial charge in [-0.05, 0) is 37.6 Å². The highest BCUT2D eigenvalue weighted by molar-refractivity contribution is 7.87. The van der Waals surface area contributed by atoms with E-state index in [2.05, 4.69) is 0 Å². The third-order valence-electron chi connectivity index (χ3n) is 3.09. The monoisotopic (exact) mass is 317 g/mol. The summed E-state index contributed by atoms with van der Waals surface area (Å²) in [5.74, 6) is 0.230. The van der Waals surface area contributed by atoms with Crippen molar-refractivity contribution in [3.8, 4) is 17.6 Å². The summed E-state index contributed by atoms with van der Waals surface area (Å²) in [4.78, 5) is 0.101. The van der Waals surface area contributed by atoms with Gasteiger partial charge in [0.1, 0.15) is 4.90 Å². The van der Waals surface area contributed by atoms with Gasteiger partial charge in [0, 0.05) is 6.07 Å². The van der Waals surface area contributed by atoms with Crippen molar-refractivity contribution in [1.82, 2.24) is 0 Å². The van der Waals surface area contributed by atoms with E-state index in [1.807, 2.05) is 13.0 Å². The molecule has 2 rings (SSSR count). The molecule has 0 aromatic heterocycles. The molecule has 0 N–H and O–H groups in total. The number of methoxy groups -OCH3 is 1. The van der Waals surface area contributed by atoms with E-state index >= 15 is 0 Å². The number of nitrogens with zero attached hydrogens (tertiary/aromatic N) is 1. The Morgan fingerprint density at radius 1 is 1.05 bits per heavy atom. The zero-order valence-electron chi connectivity index (χ0n) is 12.5. The van der Waals surface area contributed by atoms with Crippen LogP contribution in [-0.2, 0) is 10.1 Å². The van der Waals surface area contributed by atoms with E-state index in [9.17, 15) is 8.42 Å². The van der Waals surface area contributed by atoms with E-state index in [-0.39, 0.29) is 16.4 Å². The summed E-state index contributed by atoms with van der Waals surface area (Å²) in [6.45, 7) is 3.59. The van der Waals surface area contributed by atoms with Gasteiger partial charge in [-0.2, -0.15) is 13.7 Å². The van der Waals surface area contributed by atoms with Gasteiger partial charge in [-0.1, -0.05) is 17.7 Å². The van der Waals surface area contributed by atoms with Crippen molar-refractivity contribution < 1.29 is 17.3 Å². The average molecular weight is 317 g/mol. The maximum atomic E-state index is 12.4. The molecule has 2 aromatic rings. The predicted octanol–water partition coefficient (Wildman–Crippen LogP) is 2.95. The molecule has 0 aliphatic heterocycles. The van der Waals surface area contributed by atoms with Crippen LogP contribution >= 0.6 is 0 Å². The molecule has 0 spiro atoms. The van der Waals surface area contributed by atoms with Crippen molar-refractivity contribution >= 4 is 10.1 Å². The molecule has 0 atom stereocenters. The third kappa shape index (κ3) is 3.21. The number of hydrogen-bond acceptors (Lipinski definition) is 5. The fraction of sp³-hybridized carbons (Fsp3) is 0.188. The van der Waals surface area contributed by atoms with Crippen molar-refractivity contribution in [2.24, 2.45) is 0 Å². The molecule has 0 bridgehead atoms. The average Bonchev–Trinajstić information content (AvgIpc) is 2.46. The van der Waals surface area contributed by atoms with Gasteiger partial charge in [-0.25, -0.2) is 0 Å². The van der Waals surface area contributed by atoms with Crippen LogP contribution in [0, 0.1) is 25.2 Å². The second-order valence-corrected chi connectivity index (χ2v) is 6.30. The molecule has 0 radical (unpaired) electrons. The summed E-state index contributed by atoms with van der Waals surface area (Å²) in [6.07, 6.45) is 0. The molecule has 6 heteroatoms. The van der Waals surface area contributed by atoms with Crippen LogP contribution in [0.3, 0.4) is 0 Å². The van der Waals surface area contributed by atoms with Gasteiger partial charge >= 0.3 is 10.1 Å². The second-order valence-electron chi connectivity index (χ2n) is 4.78. The van der Waals surface area contributed by atoms with Crippen LogP contribution < -0.4 is 8.92 Å². The lowest BCUT2D eigenvalue weighted by Gasteiger charge is -2.12. The normalized spacial score (nSPS) is 10.8. The van der Waals surface area contributed by atoms with Crippen LogP contribution in [0.15, 0.2) is 41.3 Å². The molecule has 0 unspecified atom stereocenters. The Labute approximate surface area is 129 Å². The smallest absolute Gasteiger partial charge is 0.339 e. The number of nitriles is 1. The van der Waals surface area contributed by atoms with Gasteiger partial charge in [-0.15, -0.1) is 0 Å². The van der Waals surface area contributed by atoms with E-state index in [4.69, 9.17) is 14.2 Å². The van der Waals surface area contributed by atoms with Crippen LogP contribution in [0.2, 0.25) is 0 Å². The van der Waals surface area contributed by atoms with Gasteiger partial charge in [0.05, 0.1) is 18.7 Å². The molecule has 0 aliphatic carbocycles. The van der Waals surface area contributed by atoms with Crippen LogP contribution in [0.5, 0.6) is 11.5 Å². The van der Waals surface area contributed by atoms with Crippen LogP contribution in [0.25, 0.3) is 0 Å². The van der Waals surface area contributed by atoms with Crippen molar-refractivity contribution in [2.45, 2.75) is 18.7 Å². The summed E-state index contributed by atoms with van der Waals surface area (Å²) >= 11 is 0. The van der Waals surface area contributed by atoms with E-state index in [1.54, 1.807) is 19.1 Å². The predicted molar refractivity (Wildman–Crippen MR) is 81.4 cm³/mol. The SMILES string of the molecule is COc1cc(C#N)ccc1OS(=O)(=O)c1ccc(C)cc1C. The number of benzene rings is 2. The van der Waals surface area contributed by atoms with E-state index in [0.29, 0.717) is 11.1 Å². The molecule has 0 saturated heterocycles.